The highest BCUT2D eigenvalue weighted by molar-refractivity contribution is 7.89. The smallest absolute Gasteiger partial charge is 0.251 e. The second-order valence-electron chi connectivity index (χ2n) is 7.56. The largest absolute Gasteiger partial charge is 0.497 e. The van der Waals surface area contributed by atoms with Gasteiger partial charge in [-0.2, -0.15) is 4.31 Å². The second-order valence-corrected chi connectivity index (χ2v) is 9.43. The fraction of sp³-hybridized carbons (Fsp3) is 0.409. The number of piperidine rings is 1. The predicted molar refractivity (Wildman–Crippen MR) is 113 cm³/mol. The molecule has 29 heavy (non-hydrogen) atoms. The third kappa shape index (κ3) is 4.46. The van der Waals surface area contributed by atoms with Gasteiger partial charge in [-0.05, 0) is 68.5 Å². The molecule has 0 atom stereocenters. The molecule has 0 saturated carbocycles. The minimum Gasteiger partial charge on any atom is -0.497 e. The molecule has 0 aromatic heterocycles. The van der Waals surface area contributed by atoms with Crippen molar-refractivity contribution < 1.29 is 17.9 Å². The van der Waals surface area contributed by atoms with Crippen LogP contribution in [0.5, 0.6) is 5.75 Å². The molecule has 1 amide bonds. The molecule has 0 radical (unpaired) electrons. The van der Waals surface area contributed by atoms with Crippen LogP contribution in [0, 0.1) is 20.8 Å². The topological polar surface area (TPSA) is 75.7 Å². The number of hydrogen-bond donors (Lipinski definition) is 1. The fourth-order valence-electron chi connectivity index (χ4n) is 3.90. The van der Waals surface area contributed by atoms with Crippen molar-refractivity contribution in [3.05, 3.63) is 58.7 Å². The number of nitrogens with zero attached hydrogens (tertiary/aromatic N) is 1. The maximum Gasteiger partial charge on any atom is 0.251 e. The van der Waals surface area contributed by atoms with Gasteiger partial charge in [-0.25, -0.2) is 8.42 Å². The lowest BCUT2D eigenvalue weighted by Gasteiger charge is -2.32. The zero-order valence-electron chi connectivity index (χ0n) is 17.4. The van der Waals surface area contributed by atoms with E-state index in [4.69, 9.17) is 4.74 Å². The molecule has 1 aliphatic rings. The molecule has 2 aromatic rings. The fourth-order valence-corrected chi connectivity index (χ4v) is 5.78. The Bertz CT molecular complexity index is 986. The minimum atomic E-state index is -3.59. The zero-order chi connectivity index (χ0) is 21.2. The summed E-state index contributed by atoms with van der Waals surface area (Å²) in [4.78, 5) is 12.9. The lowest BCUT2D eigenvalue weighted by molar-refractivity contribution is 0.0923. The Morgan fingerprint density at radius 1 is 1.03 bits per heavy atom. The van der Waals surface area contributed by atoms with E-state index in [2.05, 4.69) is 5.32 Å². The molecule has 0 bridgehead atoms. The summed E-state index contributed by atoms with van der Waals surface area (Å²) < 4.78 is 33.2. The second kappa shape index (κ2) is 8.55. The first kappa shape index (κ1) is 21.3. The molecular weight excluding hydrogens is 388 g/mol. The standard InChI is InChI=1S/C22H28N2O4S/c1-15-7-5-6-8-20(15)22(25)23-18-9-11-24(12-10-18)29(26,27)21-16(2)13-19(28-4)14-17(21)3/h5-8,13-14,18H,9-12H2,1-4H3,(H,23,25). The summed E-state index contributed by atoms with van der Waals surface area (Å²) >= 11 is 0. The molecule has 1 aliphatic heterocycles. The van der Waals surface area contributed by atoms with E-state index in [9.17, 15) is 13.2 Å². The summed E-state index contributed by atoms with van der Waals surface area (Å²) in [5.41, 5.74) is 2.94. The van der Waals surface area contributed by atoms with Crippen LogP contribution in [0.25, 0.3) is 0 Å². The number of carbonyl (C=O) groups is 1. The van der Waals surface area contributed by atoms with Crippen molar-refractivity contribution in [1.29, 1.82) is 0 Å². The van der Waals surface area contributed by atoms with E-state index >= 15 is 0 Å². The predicted octanol–water partition coefficient (Wildman–Crippen LogP) is 3.20. The molecular formula is C22H28N2O4S. The number of ether oxygens (including phenoxy) is 1. The SMILES string of the molecule is COc1cc(C)c(S(=O)(=O)N2CCC(NC(=O)c3ccccc3C)CC2)c(C)c1. The van der Waals surface area contributed by atoms with Gasteiger partial charge in [0.2, 0.25) is 10.0 Å². The number of hydrogen-bond acceptors (Lipinski definition) is 4. The summed E-state index contributed by atoms with van der Waals surface area (Å²) in [7, 11) is -2.03. The van der Waals surface area contributed by atoms with Gasteiger partial charge in [-0.3, -0.25) is 4.79 Å². The molecule has 0 aliphatic carbocycles. The van der Waals surface area contributed by atoms with Gasteiger partial charge in [0.25, 0.3) is 5.91 Å². The summed E-state index contributed by atoms with van der Waals surface area (Å²) in [5.74, 6) is 0.544. The first-order chi connectivity index (χ1) is 13.7. The normalized spacial score (nSPS) is 15.9. The Labute approximate surface area is 172 Å². The van der Waals surface area contributed by atoms with E-state index in [1.807, 2.05) is 25.1 Å². The Hall–Kier alpha value is -2.38. The molecule has 2 aromatic carbocycles. The lowest BCUT2D eigenvalue weighted by Crippen LogP contribution is -2.46. The van der Waals surface area contributed by atoms with Gasteiger partial charge in [0.05, 0.1) is 12.0 Å². The van der Waals surface area contributed by atoms with Crippen LogP contribution in [0.1, 0.15) is 39.9 Å². The van der Waals surface area contributed by atoms with Gasteiger partial charge in [0, 0.05) is 24.7 Å². The number of sulfonamides is 1. The molecule has 1 fully saturated rings. The highest BCUT2D eigenvalue weighted by atomic mass is 32.2. The summed E-state index contributed by atoms with van der Waals surface area (Å²) in [6.07, 6.45) is 1.18. The van der Waals surface area contributed by atoms with Crippen LogP contribution in [-0.2, 0) is 10.0 Å². The quantitative estimate of drug-likeness (QED) is 0.812. The first-order valence-corrected chi connectivity index (χ1v) is 11.2. The molecule has 6 nitrogen and oxygen atoms in total. The van der Waals surface area contributed by atoms with Gasteiger partial charge in [-0.15, -0.1) is 0 Å². The number of rotatable bonds is 5. The van der Waals surface area contributed by atoms with Gasteiger partial charge >= 0.3 is 0 Å². The van der Waals surface area contributed by atoms with Crippen LogP contribution in [0.15, 0.2) is 41.3 Å². The van der Waals surface area contributed by atoms with Crippen LogP contribution in [-0.4, -0.2) is 44.9 Å². The van der Waals surface area contributed by atoms with Crippen molar-refractivity contribution >= 4 is 15.9 Å². The highest BCUT2D eigenvalue weighted by Crippen LogP contribution is 2.29. The van der Waals surface area contributed by atoms with Gasteiger partial charge in [0.1, 0.15) is 5.75 Å². The molecule has 1 heterocycles. The van der Waals surface area contributed by atoms with Crippen LogP contribution >= 0.6 is 0 Å². The van der Waals surface area contributed by atoms with E-state index in [0.29, 0.717) is 53.3 Å². The van der Waals surface area contributed by atoms with Crippen molar-refractivity contribution in [2.24, 2.45) is 0 Å². The molecule has 156 valence electrons. The molecule has 7 heteroatoms. The van der Waals surface area contributed by atoms with Crippen LogP contribution in [0.4, 0.5) is 0 Å². The first-order valence-electron chi connectivity index (χ1n) is 9.76. The lowest BCUT2D eigenvalue weighted by atomic mass is 10.0. The average molecular weight is 417 g/mol. The third-order valence-corrected chi connectivity index (χ3v) is 7.65. The molecule has 3 rings (SSSR count). The van der Waals surface area contributed by atoms with Crippen molar-refractivity contribution in [3.63, 3.8) is 0 Å². The van der Waals surface area contributed by atoms with E-state index in [1.165, 1.54) is 4.31 Å². The summed E-state index contributed by atoms with van der Waals surface area (Å²) in [6.45, 7) is 6.25. The zero-order valence-corrected chi connectivity index (χ0v) is 18.2. The maximum absolute atomic E-state index is 13.2. The molecule has 0 spiro atoms. The number of nitrogens with one attached hydrogen (secondary N) is 1. The Kier molecular flexibility index (Phi) is 6.29. The van der Waals surface area contributed by atoms with Crippen molar-refractivity contribution in [2.45, 2.75) is 44.6 Å². The van der Waals surface area contributed by atoms with E-state index < -0.39 is 10.0 Å². The van der Waals surface area contributed by atoms with Gasteiger partial charge in [-0.1, -0.05) is 18.2 Å². The summed E-state index contributed by atoms with van der Waals surface area (Å²) in [5, 5.41) is 3.05. The van der Waals surface area contributed by atoms with Gasteiger partial charge < -0.3 is 10.1 Å². The highest BCUT2D eigenvalue weighted by Gasteiger charge is 2.32. The number of carbonyl (C=O) groups excluding carboxylic acids is 1. The van der Waals surface area contributed by atoms with Crippen LogP contribution in [0.3, 0.4) is 0 Å². The van der Waals surface area contributed by atoms with Crippen molar-refractivity contribution in [1.82, 2.24) is 9.62 Å². The Morgan fingerprint density at radius 2 is 1.62 bits per heavy atom. The summed E-state index contributed by atoms with van der Waals surface area (Å²) in [6, 6.07) is 10.9. The minimum absolute atomic E-state index is 0.0355. The van der Waals surface area contributed by atoms with Crippen LogP contribution < -0.4 is 10.1 Å². The number of benzene rings is 2. The van der Waals surface area contributed by atoms with E-state index in [1.54, 1.807) is 39.2 Å². The van der Waals surface area contributed by atoms with E-state index in [0.717, 1.165) is 5.56 Å². The third-order valence-electron chi connectivity index (χ3n) is 5.45. The Morgan fingerprint density at radius 3 is 2.17 bits per heavy atom. The monoisotopic (exact) mass is 416 g/mol. The average Bonchev–Trinajstić information content (AvgIpc) is 2.67. The number of amides is 1. The number of methoxy groups -OCH3 is 1. The van der Waals surface area contributed by atoms with Gasteiger partial charge in [0.15, 0.2) is 0 Å². The van der Waals surface area contributed by atoms with Crippen molar-refractivity contribution in [2.75, 3.05) is 20.2 Å². The molecule has 1 saturated heterocycles. The van der Waals surface area contributed by atoms with E-state index in [-0.39, 0.29) is 11.9 Å². The molecule has 1 N–H and O–H groups in total. The maximum atomic E-state index is 13.2. The number of aryl methyl sites for hydroxylation is 3. The van der Waals surface area contributed by atoms with Crippen molar-refractivity contribution in [3.8, 4) is 5.75 Å². The van der Waals surface area contributed by atoms with Crippen LogP contribution in [0.2, 0.25) is 0 Å². The Balaban J connectivity index is 1.69. The molecule has 0 unspecified atom stereocenters.